The van der Waals surface area contributed by atoms with Crippen molar-refractivity contribution in [3.05, 3.63) is 71.1 Å². The number of pyridine rings is 1. The van der Waals surface area contributed by atoms with Crippen molar-refractivity contribution in [3.63, 3.8) is 0 Å². The minimum absolute atomic E-state index is 0.0482. The van der Waals surface area contributed by atoms with Crippen molar-refractivity contribution in [1.82, 2.24) is 19.4 Å². The van der Waals surface area contributed by atoms with E-state index in [0.29, 0.717) is 24.6 Å². The van der Waals surface area contributed by atoms with Gasteiger partial charge in [0.05, 0.1) is 22.8 Å². The molecular weight excluding hydrogens is 366 g/mol. The highest BCUT2D eigenvalue weighted by Crippen LogP contribution is 2.35. The minimum atomic E-state index is -0.131. The van der Waals surface area contributed by atoms with Gasteiger partial charge in [-0.05, 0) is 26.0 Å². The highest BCUT2D eigenvalue weighted by Gasteiger charge is 2.19. The smallest absolute Gasteiger partial charge is 0.267 e. The number of aromatic nitrogens is 4. The third kappa shape index (κ3) is 3.64. The Kier molecular flexibility index (Phi) is 5.14. The fourth-order valence-electron chi connectivity index (χ4n) is 3.27. The predicted octanol–water partition coefficient (Wildman–Crippen LogP) is 3.14. The van der Waals surface area contributed by atoms with E-state index in [1.165, 1.54) is 4.68 Å². The van der Waals surface area contributed by atoms with Gasteiger partial charge in [-0.25, -0.2) is 9.20 Å². The van der Waals surface area contributed by atoms with Gasteiger partial charge >= 0.3 is 0 Å². The van der Waals surface area contributed by atoms with Gasteiger partial charge in [0.25, 0.3) is 5.56 Å². The van der Waals surface area contributed by atoms with Gasteiger partial charge in [0, 0.05) is 30.4 Å². The lowest BCUT2D eigenvalue weighted by Gasteiger charge is -2.11. The zero-order valence-corrected chi connectivity index (χ0v) is 16.4. The number of ether oxygens (including phenoxy) is 1. The van der Waals surface area contributed by atoms with Gasteiger partial charge in [0.2, 0.25) is 0 Å². The first kappa shape index (κ1) is 18.9. The molecule has 148 valence electrons. The summed E-state index contributed by atoms with van der Waals surface area (Å²) in [4.78, 5) is 12.2. The fraction of sp³-hybridized carbons (Fsp3) is 0.227. The largest absolute Gasteiger partial charge is 0.492 e. The van der Waals surface area contributed by atoms with Crippen LogP contribution < -0.4 is 16.0 Å². The second-order valence-corrected chi connectivity index (χ2v) is 7.01. The van der Waals surface area contributed by atoms with Crippen LogP contribution in [-0.2, 0) is 0 Å². The maximum atomic E-state index is 12.2. The molecule has 4 aromatic rings. The molecule has 0 radical (unpaired) electrons. The SMILES string of the molecule is CC(C)n1nc(-c2c(-c3ccccc3)nn3ccc(OCCN)cc23)ccc1=O. The fourth-order valence-corrected chi connectivity index (χ4v) is 3.27. The molecule has 3 heterocycles. The Balaban J connectivity index is 1.98. The van der Waals surface area contributed by atoms with Gasteiger partial charge in [-0.15, -0.1) is 0 Å². The molecule has 0 saturated heterocycles. The van der Waals surface area contributed by atoms with Crippen molar-refractivity contribution in [2.45, 2.75) is 19.9 Å². The summed E-state index contributed by atoms with van der Waals surface area (Å²) in [6.07, 6.45) is 1.86. The molecule has 29 heavy (non-hydrogen) atoms. The van der Waals surface area contributed by atoms with E-state index in [1.54, 1.807) is 16.6 Å². The highest BCUT2D eigenvalue weighted by atomic mass is 16.5. The van der Waals surface area contributed by atoms with Crippen LogP contribution >= 0.6 is 0 Å². The van der Waals surface area contributed by atoms with Crippen LogP contribution in [0.2, 0.25) is 0 Å². The van der Waals surface area contributed by atoms with E-state index in [-0.39, 0.29) is 11.6 Å². The summed E-state index contributed by atoms with van der Waals surface area (Å²) >= 11 is 0. The zero-order valence-electron chi connectivity index (χ0n) is 16.4. The molecule has 7 nitrogen and oxygen atoms in total. The molecular formula is C22H23N5O2. The van der Waals surface area contributed by atoms with Crippen LogP contribution in [0.1, 0.15) is 19.9 Å². The summed E-state index contributed by atoms with van der Waals surface area (Å²) in [5.41, 5.74) is 9.58. The molecule has 4 rings (SSSR count). The number of rotatable bonds is 6. The second kappa shape index (κ2) is 7.89. The molecule has 0 spiro atoms. The topological polar surface area (TPSA) is 87.4 Å². The molecule has 0 aliphatic rings. The molecule has 0 atom stereocenters. The molecule has 0 unspecified atom stereocenters. The molecule has 0 aliphatic heterocycles. The lowest BCUT2D eigenvalue weighted by atomic mass is 10.0. The van der Waals surface area contributed by atoms with E-state index >= 15 is 0 Å². The first-order valence-electron chi connectivity index (χ1n) is 9.59. The first-order valence-corrected chi connectivity index (χ1v) is 9.59. The van der Waals surface area contributed by atoms with Gasteiger partial charge in [-0.1, -0.05) is 30.3 Å². The Bertz CT molecular complexity index is 1200. The molecule has 1 aromatic carbocycles. The molecule has 0 amide bonds. The van der Waals surface area contributed by atoms with Crippen molar-refractivity contribution in [2.24, 2.45) is 5.73 Å². The average molecular weight is 389 g/mol. The van der Waals surface area contributed by atoms with E-state index in [9.17, 15) is 4.79 Å². The molecule has 2 N–H and O–H groups in total. The van der Waals surface area contributed by atoms with E-state index < -0.39 is 0 Å². The van der Waals surface area contributed by atoms with Crippen LogP contribution in [0.4, 0.5) is 0 Å². The van der Waals surface area contributed by atoms with Crippen molar-refractivity contribution >= 4 is 5.52 Å². The summed E-state index contributed by atoms with van der Waals surface area (Å²) in [5, 5.41) is 9.42. The zero-order chi connectivity index (χ0) is 20.4. The third-order valence-corrected chi connectivity index (χ3v) is 4.61. The van der Waals surface area contributed by atoms with Gasteiger partial charge in [0.1, 0.15) is 18.1 Å². The van der Waals surface area contributed by atoms with E-state index in [0.717, 1.165) is 22.3 Å². The van der Waals surface area contributed by atoms with Gasteiger partial charge in [0.15, 0.2) is 0 Å². The summed E-state index contributed by atoms with van der Waals surface area (Å²) in [7, 11) is 0. The monoisotopic (exact) mass is 389 g/mol. The van der Waals surface area contributed by atoms with Crippen LogP contribution in [0, 0.1) is 0 Å². The maximum absolute atomic E-state index is 12.2. The van der Waals surface area contributed by atoms with Gasteiger partial charge < -0.3 is 10.5 Å². The molecule has 7 heteroatoms. The Morgan fingerprint density at radius 2 is 1.86 bits per heavy atom. The van der Waals surface area contributed by atoms with Crippen LogP contribution in [-0.4, -0.2) is 32.5 Å². The molecule has 0 aliphatic carbocycles. The maximum Gasteiger partial charge on any atom is 0.267 e. The van der Waals surface area contributed by atoms with Crippen molar-refractivity contribution < 1.29 is 4.74 Å². The molecule has 0 saturated carbocycles. The first-order chi connectivity index (χ1) is 14.1. The Hall–Kier alpha value is -3.45. The average Bonchev–Trinajstić information content (AvgIpc) is 3.12. The van der Waals surface area contributed by atoms with Crippen LogP contribution in [0.25, 0.3) is 28.0 Å². The van der Waals surface area contributed by atoms with Crippen LogP contribution in [0.3, 0.4) is 0 Å². The minimum Gasteiger partial charge on any atom is -0.492 e. The van der Waals surface area contributed by atoms with E-state index in [4.69, 9.17) is 15.6 Å². The Labute approximate surface area is 168 Å². The van der Waals surface area contributed by atoms with Crippen molar-refractivity contribution in [2.75, 3.05) is 13.2 Å². The third-order valence-electron chi connectivity index (χ3n) is 4.61. The Morgan fingerprint density at radius 1 is 1.07 bits per heavy atom. The summed E-state index contributed by atoms with van der Waals surface area (Å²) in [6.45, 7) is 4.74. The number of hydrogen-bond acceptors (Lipinski definition) is 5. The second-order valence-electron chi connectivity index (χ2n) is 7.01. The molecule has 3 aromatic heterocycles. The standard InChI is InChI=1S/C22H23N5O2/c1-15(2)27-20(28)9-8-18(24-27)21-19-14-17(29-13-11-23)10-12-26(19)25-22(21)16-6-4-3-5-7-16/h3-10,12,14-15H,11,13,23H2,1-2H3. The highest BCUT2D eigenvalue weighted by molar-refractivity contribution is 5.91. The number of nitrogens with two attached hydrogens (primary N) is 1. The van der Waals surface area contributed by atoms with Crippen LogP contribution in [0.5, 0.6) is 5.75 Å². The number of nitrogens with zero attached hydrogens (tertiary/aromatic N) is 4. The predicted molar refractivity (Wildman–Crippen MR) is 113 cm³/mol. The number of hydrogen-bond donors (Lipinski definition) is 1. The molecule has 0 bridgehead atoms. The normalized spacial score (nSPS) is 11.3. The summed E-state index contributed by atoms with van der Waals surface area (Å²) in [5.74, 6) is 0.709. The van der Waals surface area contributed by atoms with E-state index in [2.05, 4.69) is 5.10 Å². The lowest BCUT2D eigenvalue weighted by molar-refractivity contribution is 0.328. The van der Waals surface area contributed by atoms with Gasteiger partial charge in [-0.2, -0.15) is 10.2 Å². The van der Waals surface area contributed by atoms with E-state index in [1.807, 2.05) is 62.5 Å². The van der Waals surface area contributed by atoms with Crippen molar-refractivity contribution in [1.29, 1.82) is 0 Å². The lowest BCUT2D eigenvalue weighted by Crippen LogP contribution is -2.23. The Morgan fingerprint density at radius 3 is 2.59 bits per heavy atom. The number of fused-ring (bicyclic) bond motifs is 1. The number of benzene rings is 1. The van der Waals surface area contributed by atoms with Crippen LogP contribution in [0.15, 0.2) is 65.6 Å². The van der Waals surface area contributed by atoms with Gasteiger partial charge in [-0.3, -0.25) is 4.79 Å². The van der Waals surface area contributed by atoms with Crippen molar-refractivity contribution in [3.8, 4) is 28.3 Å². The molecule has 0 fully saturated rings. The quantitative estimate of drug-likeness (QED) is 0.547. The summed E-state index contributed by atoms with van der Waals surface area (Å²) < 4.78 is 9.00. The summed E-state index contributed by atoms with van der Waals surface area (Å²) in [6, 6.07) is 17.0.